The molecule has 210 valence electrons. The van der Waals surface area contributed by atoms with Crippen LogP contribution in [0.1, 0.15) is 19.3 Å². The lowest BCUT2D eigenvalue weighted by molar-refractivity contribution is 0.0623. The van der Waals surface area contributed by atoms with Crippen LogP contribution in [0.25, 0.3) is 22.2 Å². The molecule has 0 atom stereocenters. The molecule has 0 bridgehead atoms. The molecule has 1 aliphatic heterocycles. The highest BCUT2D eigenvalue weighted by molar-refractivity contribution is 6.39. The van der Waals surface area contributed by atoms with Crippen molar-refractivity contribution in [2.24, 2.45) is 13.0 Å². The number of benzene rings is 1. The molecule has 0 unspecified atom stereocenters. The largest absolute Gasteiger partial charge is 0.452 e. The number of hydrogen-bond acceptors (Lipinski definition) is 8. The summed E-state index contributed by atoms with van der Waals surface area (Å²) in [5.41, 5.74) is 1.04. The third-order valence-corrected chi connectivity index (χ3v) is 7.74. The molecule has 41 heavy (non-hydrogen) atoms. The molecule has 0 radical (unpaired) electrons. The van der Waals surface area contributed by atoms with Crippen molar-refractivity contribution in [1.29, 1.82) is 0 Å². The van der Waals surface area contributed by atoms with Gasteiger partial charge in [0.25, 0.3) is 5.56 Å². The van der Waals surface area contributed by atoms with E-state index in [1.165, 1.54) is 4.57 Å². The molecular formula is C29H27Cl2N7O3. The molecule has 0 saturated carbocycles. The summed E-state index contributed by atoms with van der Waals surface area (Å²) < 4.78 is 14.7. The van der Waals surface area contributed by atoms with Crippen molar-refractivity contribution in [3.8, 4) is 22.6 Å². The number of pyridine rings is 2. The number of aromatic nitrogens is 6. The van der Waals surface area contributed by atoms with Gasteiger partial charge >= 0.3 is 0 Å². The van der Waals surface area contributed by atoms with Crippen molar-refractivity contribution in [3.05, 3.63) is 81.6 Å². The Morgan fingerprint density at radius 1 is 1.05 bits per heavy atom. The van der Waals surface area contributed by atoms with E-state index in [1.807, 2.05) is 10.9 Å². The second-order valence-corrected chi connectivity index (χ2v) is 10.7. The Morgan fingerprint density at radius 2 is 1.85 bits per heavy atom. The summed E-state index contributed by atoms with van der Waals surface area (Å²) in [4.78, 5) is 26.5. The monoisotopic (exact) mass is 591 g/mol. The minimum absolute atomic E-state index is 0.274. The number of fused-ring (bicyclic) bond motifs is 1. The molecule has 5 aromatic rings. The Labute approximate surface area is 245 Å². The van der Waals surface area contributed by atoms with Crippen LogP contribution in [0.3, 0.4) is 0 Å². The Bertz CT molecular complexity index is 1730. The van der Waals surface area contributed by atoms with Crippen LogP contribution in [0.4, 0.5) is 11.8 Å². The molecule has 0 amide bonds. The second kappa shape index (κ2) is 11.9. The highest BCUT2D eigenvalue weighted by atomic mass is 35.5. The van der Waals surface area contributed by atoms with Gasteiger partial charge in [-0.1, -0.05) is 29.3 Å². The van der Waals surface area contributed by atoms with E-state index in [0.29, 0.717) is 61.4 Å². The van der Waals surface area contributed by atoms with Gasteiger partial charge in [-0.05, 0) is 55.5 Å². The average molecular weight is 592 g/mol. The van der Waals surface area contributed by atoms with E-state index in [1.54, 1.807) is 62.0 Å². The van der Waals surface area contributed by atoms with Crippen molar-refractivity contribution in [3.63, 3.8) is 0 Å². The lowest BCUT2D eigenvalue weighted by atomic mass is 9.97. The minimum Gasteiger partial charge on any atom is -0.452 e. The summed E-state index contributed by atoms with van der Waals surface area (Å²) in [7, 11) is 1.65. The number of rotatable bonds is 8. The van der Waals surface area contributed by atoms with E-state index < -0.39 is 0 Å². The van der Waals surface area contributed by atoms with Gasteiger partial charge in [0.05, 0.1) is 34.2 Å². The average Bonchev–Trinajstić information content (AvgIpc) is 3.43. The van der Waals surface area contributed by atoms with Gasteiger partial charge in [-0.3, -0.25) is 14.0 Å². The van der Waals surface area contributed by atoms with Crippen molar-refractivity contribution >= 4 is 46.0 Å². The molecule has 0 aliphatic carbocycles. The Morgan fingerprint density at radius 3 is 2.61 bits per heavy atom. The number of nitrogens with one attached hydrogen (secondary N) is 1. The number of ether oxygens (including phenoxy) is 2. The molecule has 1 N–H and O–H groups in total. The van der Waals surface area contributed by atoms with Gasteiger partial charge in [-0.2, -0.15) is 10.1 Å². The summed E-state index contributed by atoms with van der Waals surface area (Å²) in [6, 6.07) is 10.4. The molecular weight excluding hydrogens is 565 g/mol. The number of anilines is 2. The van der Waals surface area contributed by atoms with Gasteiger partial charge in [-0.15, -0.1) is 0 Å². The maximum absolute atomic E-state index is 13.2. The fourth-order valence-corrected chi connectivity index (χ4v) is 5.48. The third kappa shape index (κ3) is 6.04. The first-order valence-electron chi connectivity index (χ1n) is 13.3. The zero-order valence-corrected chi connectivity index (χ0v) is 23.8. The zero-order chi connectivity index (χ0) is 28.3. The van der Waals surface area contributed by atoms with E-state index in [2.05, 4.69) is 25.4 Å². The van der Waals surface area contributed by atoms with Crippen LogP contribution >= 0.6 is 23.2 Å². The van der Waals surface area contributed by atoms with E-state index in [-0.39, 0.29) is 5.56 Å². The number of hydrogen-bond donors (Lipinski definition) is 1. The standard InChI is InChI=1S/C29H27Cl2N7O3/c1-37-27-19(13-22(28(37)39)26-23(30)3-2-4-24(26)31)14-33-29(36-27)35-25-6-5-20(15-32-25)41-21-16-34-38(17-21)10-7-18-8-11-40-12-9-18/h2-6,13-18H,7-12H2,1H3,(H,32,33,35,36). The van der Waals surface area contributed by atoms with E-state index >= 15 is 0 Å². The molecule has 12 heteroatoms. The molecule has 6 rings (SSSR count). The predicted molar refractivity (Wildman–Crippen MR) is 158 cm³/mol. The van der Waals surface area contributed by atoms with Crippen LogP contribution in [-0.2, 0) is 18.3 Å². The first-order valence-corrected chi connectivity index (χ1v) is 14.0. The molecule has 1 saturated heterocycles. The fourth-order valence-electron chi connectivity index (χ4n) is 4.88. The van der Waals surface area contributed by atoms with Gasteiger partial charge in [0, 0.05) is 44.0 Å². The first-order chi connectivity index (χ1) is 19.9. The number of nitrogens with zero attached hydrogens (tertiary/aromatic N) is 6. The highest BCUT2D eigenvalue weighted by Crippen LogP contribution is 2.34. The quantitative estimate of drug-likeness (QED) is 0.225. The molecule has 0 spiro atoms. The summed E-state index contributed by atoms with van der Waals surface area (Å²) in [5.74, 6) is 2.72. The Hall–Kier alpha value is -3.99. The van der Waals surface area contributed by atoms with Crippen LogP contribution in [0.5, 0.6) is 11.5 Å². The third-order valence-electron chi connectivity index (χ3n) is 7.11. The fraction of sp³-hybridized carbons (Fsp3) is 0.276. The molecule has 4 aromatic heterocycles. The number of aryl methyl sites for hydroxylation is 2. The van der Waals surface area contributed by atoms with Crippen LogP contribution < -0.4 is 15.6 Å². The van der Waals surface area contributed by atoms with Gasteiger partial charge in [0.2, 0.25) is 5.95 Å². The lowest BCUT2D eigenvalue weighted by Crippen LogP contribution is -2.20. The zero-order valence-electron chi connectivity index (χ0n) is 22.3. The van der Waals surface area contributed by atoms with E-state index in [0.717, 1.165) is 39.0 Å². The van der Waals surface area contributed by atoms with Gasteiger partial charge in [0.15, 0.2) is 5.75 Å². The first kappa shape index (κ1) is 27.2. The second-order valence-electron chi connectivity index (χ2n) is 9.88. The molecule has 1 aliphatic rings. The summed E-state index contributed by atoms with van der Waals surface area (Å²) in [6.45, 7) is 2.55. The van der Waals surface area contributed by atoms with Crippen LogP contribution in [0.2, 0.25) is 10.0 Å². The molecule has 5 heterocycles. The maximum atomic E-state index is 13.2. The van der Waals surface area contributed by atoms with Gasteiger partial charge in [-0.25, -0.2) is 9.97 Å². The normalized spacial score (nSPS) is 13.9. The Kier molecular flexibility index (Phi) is 7.86. The van der Waals surface area contributed by atoms with Crippen LogP contribution in [0, 0.1) is 5.92 Å². The minimum atomic E-state index is -0.274. The topological polar surface area (TPSA) is 109 Å². The van der Waals surface area contributed by atoms with Gasteiger partial charge < -0.3 is 14.8 Å². The maximum Gasteiger partial charge on any atom is 0.259 e. The van der Waals surface area contributed by atoms with Crippen LogP contribution in [-0.4, -0.2) is 42.5 Å². The smallest absolute Gasteiger partial charge is 0.259 e. The molecule has 10 nitrogen and oxygen atoms in total. The predicted octanol–water partition coefficient (Wildman–Crippen LogP) is 6.25. The van der Waals surface area contributed by atoms with Crippen molar-refractivity contribution in [2.75, 3.05) is 18.5 Å². The lowest BCUT2D eigenvalue weighted by Gasteiger charge is -2.21. The SMILES string of the molecule is Cn1c(=O)c(-c2c(Cl)cccc2Cl)cc2cnc(Nc3ccc(Oc4cnn(CCC5CCOCC5)c4)cn3)nc21. The summed E-state index contributed by atoms with van der Waals surface area (Å²) >= 11 is 12.7. The van der Waals surface area contributed by atoms with Gasteiger partial charge in [0.1, 0.15) is 17.2 Å². The van der Waals surface area contributed by atoms with Crippen molar-refractivity contribution in [1.82, 2.24) is 29.3 Å². The Balaban J connectivity index is 1.13. The summed E-state index contributed by atoms with van der Waals surface area (Å²) in [5, 5.41) is 8.94. The van der Waals surface area contributed by atoms with Crippen molar-refractivity contribution in [2.45, 2.75) is 25.8 Å². The van der Waals surface area contributed by atoms with E-state index in [9.17, 15) is 4.79 Å². The summed E-state index contributed by atoms with van der Waals surface area (Å²) in [6.07, 6.45) is 10.1. The van der Waals surface area contributed by atoms with E-state index in [4.69, 9.17) is 32.7 Å². The highest BCUT2D eigenvalue weighted by Gasteiger charge is 2.17. The van der Waals surface area contributed by atoms with Crippen molar-refractivity contribution < 1.29 is 9.47 Å². The molecule has 1 aromatic carbocycles. The molecule has 1 fully saturated rings. The van der Waals surface area contributed by atoms with Crippen LogP contribution in [0.15, 0.2) is 66.0 Å². The number of halogens is 2.